The van der Waals surface area contributed by atoms with Crippen LogP contribution in [-0.2, 0) is 14.3 Å². The number of ether oxygens (including phenoxy) is 2. The van der Waals surface area contributed by atoms with Gasteiger partial charge < -0.3 is 14.8 Å². The van der Waals surface area contributed by atoms with Crippen LogP contribution in [0.4, 0.5) is 0 Å². The number of carbonyl (C=O) groups is 1. The predicted octanol–water partition coefficient (Wildman–Crippen LogP) is 1.03. The van der Waals surface area contributed by atoms with E-state index >= 15 is 0 Å². The Morgan fingerprint density at radius 1 is 1.53 bits per heavy atom. The lowest BCUT2D eigenvalue weighted by molar-refractivity contribution is -0.152. The maximum Gasteiger partial charge on any atom is 0.327 e. The number of likely N-dealkylation sites (tertiary alicyclic amines) is 1. The molecule has 1 saturated heterocycles. The molecule has 0 aromatic heterocycles. The fourth-order valence-electron chi connectivity index (χ4n) is 2.59. The van der Waals surface area contributed by atoms with Gasteiger partial charge in [-0.3, -0.25) is 9.69 Å². The van der Waals surface area contributed by atoms with Crippen molar-refractivity contribution in [1.82, 2.24) is 10.2 Å². The van der Waals surface area contributed by atoms with Crippen LogP contribution in [0, 0.1) is 0 Å². The lowest BCUT2D eigenvalue weighted by atomic mass is 9.92. The highest BCUT2D eigenvalue weighted by Crippen LogP contribution is 2.25. The number of methoxy groups -OCH3 is 1. The van der Waals surface area contributed by atoms with Gasteiger partial charge in [-0.1, -0.05) is 0 Å². The number of esters is 1. The molecule has 1 N–H and O–H groups in total. The zero-order chi connectivity index (χ0) is 14.5. The van der Waals surface area contributed by atoms with Gasteiger partial charge in [0.05, 0.1) is 12.2 Å². The normalized spacial score (nSPS) is 27.8. The minimum atomic E-state index is -0.665. The summed E-state index contributed by atoms with van der Waals surface area (Å²) >= 11 is 0. The van der Waals surface area contributed by atoms with Gasteiger partial charge in [0.15, 0.2) is 0 Å². The first-order chi connectivity index (χ1) is 8.89. The third-order valence-corrected chi connectivity index (χ3v) is 4.05. The fraction of sp³-hybridized carbons (Fsp3) is 0.929. The van der Waals surface area contributed by atoms with E-state index in [0.29, 0.717) is 13.2 Å². The van der Waals surface area contributed by atoms with Crippen molar-refractivity contribution in [3.05, 3.63) is 0 Å². The molecule has 19 heavy (non-hydrogen) atoms. The summed E-state index contributed by atoms with van der Waals surface area (Å²) in [5.74, 6) is -0.192. The summed E-state index contributed by atoms with van der Waals surface area (Å²) in [5.41, 5.74) is -0.774. The van der Waals surface area contributed by atoms with Crippen molar-refractivity contribution in [2.45, 2.75) is 44.8 Å². The van der Waals surface area contributed by atoms with Gasteiger partial charge in [0.1, 0.15) is 5.54 Å². The third kappa shape index (κ3) is 4.16. The maximum absolute atomic E-state index is 12.1. The van der Waals surface area contributed by atoms with E-state index in [1.807, 2.05) is 13.8 Å². The number of carbonyl (C=O) groups excluding carboxylic acids is 1. The third-order valence-electron chi connectivity index (χ3n) is 4.05. The highest BCUT2D eigenvalue weighted by molar-refractivity contribution is 5.80. The van der Waals surface area contributed by atoms with Gasteiger partial charge in [-0.25, -0.2) is 0 Å². The summed E-state index contributed by atoms with van der Waals surface area (Å²) in [6.07, 6.45) is 2.16. The summed E-state index contributed by atoms with van der Waals surface area (Å²) in [5, 5.41) is 3.10. The SMILES string of the molecule is CCOC(=O)C(C)(CN1CCCC(C)(OC)C1)NC. The summed E-state index contributed by atoms with van der Waals surface area (Å²) in [6.45, 7) is 8.74. The van der Waals surface area contributed by atoms with Crippen molar-refractivity contribution in [3.8, 4) is 0 Å². The van der Waals surface area contributed by atoms with Crippen LogP contribution >= 0.6 is 0 Å². The van der Waals surface area contributed by atoms with Gasteiger partial charge in [-0.05, 0) is 47.2 Å². The van der Waals surface area contributed by atoms with Crippen molar-refractivity contribution >= 4 is 5.97 Å². The standard InChI is InChI=1S/C14H28N2O3/c1-6-19-12(17)14(3,15-4)11-16-9-7-8-13(2,10-16)18-5/h15H,6-11H2,1-5H3. The van der Waals surface area contributed by atoms with Gasteiger partial charge in [0.25, 0.3) is 0 Å². The fourth-order valence-corrected chi connectivity index (χ4v) is 2.59. The predicted molar refractivity (Wildman–Crippen MR) is 75.2 cm³/mol. The minimum absolute atomic E-state index is 0.110. The second-order valence-electron chi connectivity index (χ2n) is 5.77. The van der Waals surface area contributed by atoms with E-state index in [1.54, 1.807) is 14.2 Å². The molecule has 2 unspecified atom stereocenters. The molecular weight excluding hydrogens is 244 g/mol. The molecule has 0 aromatic carbocycles. The molecule has 0 amide bonds. The lowest BCUT2D eigenvalue weighted by Gasteiger charge is -2.42. The Morgan fingerprint density at radius 2 is 2.21 bits per heavy atom. The molecule has 1 heterocycles. The van der Waals surface area contributed by atoms with E-state index in [2.05, 4.69) is 17.1 Å². The Kier molecular flexibility index (Phi) is 5.77. The quantitative estimate of drug-likeness (QED) is 0.732. The van der Waals surface area contributed by atoms with Gasteiger partial charge >= 0.3 is 5.97 Å². The highest BCUT2D eigenvalue weighted by atomic mass is 16.5. The van der Waals surface area contributed by atoms with Crippen LogP contribution < -0.4 is 5.32 Å². The monoisotopic (exact) mass is 272 g/mol. The molecule has 0 radical (unpaired) electrons. The first-order valence-electron chi connectivity index (χ1n) is 7.03. The number of hydrogen-bond donors (Lipinski definition) is 1. The second-order valence-corrected chi connectivity index (χ2v) is 5.77. The average molecular weight is 272 g/mol. The number of piperidine rings is 1. The van der Waals surface area contributed by atoms with E-state index in [-0.39, 0.29) is 11.6 Å². The van der Waals surface area contributed by atoms with E-state index in [9.17, 15) is 4.79 Å². The van der Waals surface area contributed by atoms with E-state index in [1.165, 1.54) is 0 Å². The maximum atomic E-state index is 12.1. The Morgan fingerprint density at radius 3 is 2.74 bits per heavy atom. The number of rotatable bonds is 6. The van der Waals surface area contributed by atoms with Crippen LogP contribution in [0.2, 0.25) is 0 Å². The molecule has 5 heteroatoms. The van der Waals surface area contributed by atoms with Crippen LogP contribution in [0.1, 0.15) is 33.6 Å². The highest BCUT2D eigenvalue weighted by Gasteiger charge is 2.38. The van der Waals surface area contributed by atoms with Crippen LogP contribution in [0.5, 0.6) is 0 Å². The van der Waals surface area contributed by atoms with Crippen molar-refractivity contribution < 1.29 is 14.3 Å². The minimum Gasteiger partial charge on any atom is -0.465 e. The number of nitrogens with one attached hydrogen (secondary N) is 1. The molecule has 1 aliphatic rings. The Bertz CT molecular complexity index is 311. The van der Waals surface area contributed by atoms with Crippen LogP contribution in [0.3, 0.4) is 0 Å². The molecule has 5 nitrogen and oxygen atoms in total. The smallest absolute Gasteiger partial charge is 0.327 e. The van der Waals surface area contributed by atoms with Crippen molar-refractivity contribution in [1.29, 1.82) is 0 Å². The zero-order valence-electron chi connectivity index (χ0n) is 12.9. The van der Waals surface area contributed by atoms with Gasteiger partial charge in [0, 0.05) is 20.2 Å². The number of likely N-dealkylation sites (N-methyl/N-ethyl adjacent to an activating group) is 1. The summed E-state index contributed by atoms with van der Waals surface area (Å²) in [7, 11) is 3.56. The molecule has 0 saturated carbocycles. The molecule has 0 aliphatic carbocycles. The Hall–Kier alpha value is -0.650. The van der Waals surface area contributed by atoms with Crippen molar-refractivity contribution in [2.75, 3.05) is 40.4 Å². The van der Waals surface area contributed by atoms with Crippen LogP contribution in [0.25, 0.3) is 0 Å². The second kappa shape index (κ2) is 6.68. The van der Waals surface area contributed by atoms with Gasteiger partial charge in [-0.2, -0.15) is 0 Å². The van der Waals surface area contributed by atoms with E-state index < -0.39 is 5.54 Å². The number of nitrogens with zero attached hydrogens (tertiary/aromatic N) is 1. The molecule has 0 aromatic rings. The van der Waals surface area contributed by atoms with Gasteiger partial charge in [0.2, 0.25) is 0 Å². The number of hydrogen-bond acceptors (Lipinski definition) is 5. The molecule has 1 rings (SSSR count). The first kappa shape index (κ1) is 16.4. The topological polar surface area (TPSA) is 50.8 Å². The molecule has 112 valence electrons. The van der Waals surface area contributed by atoms with Crippen LogP contribution in [-0.4, -0.2) is 62.4 Å². The molecular formula is C14H28N2O3. The molecule has 1 fully saturated rings. The van der Waals surface area contributed by atoms with Crippen molar-refractivity contribution in [3.63, 3.8) is 0 Å². The lowest BCUT2D eigenvalue weighted by Crippen LogP contribution is -2.59. The van der Waals surface area contributed by atoms with Crippen molar-refractivity contribution in [2.24, 2.45) is 0 Å². The van der Waals surface area contributed by atoms with Crippen LogP contribution in [0.15, 0.2) is 0 Å². The summed E-state index contributed by atoms with van der Waals surface area (Å²) < 4.78 is 10.7. The zero-order valence-corrected chi connectivity index (χ0v) is 12.9. The van der Waals surface area contributed by atoms with E-state index in [0.717, 1.165) is 25.9 Å². The summed E-state index contributed by atoms with van der Waals surface area (Å²) in [4.78, 5) is 14.3. The molecule has 0 bridgehead atoms. The summed E-state index contributed by atoms with van der Waals surface area (Å²) in [6, 6.07) is 0. The first-order valence-corrected chi connectivity index (χ1v) is 7.03. The van der Waals surface area contributed by atoms with E-state index in [4.69, 9.17) is 9.47 Å². The molecule has 0 spiro atoms. The average Bonchev–Trinajstić information content (AvgIpc) is 2.39. The Balaban J connectivity index is 2.67. The largest absolute Gasteiger partial charge is 0.465 e. The molecule has 2 atom stereocenters. The molecule has 1 aliphatic heterocycles. The van der Waals surface area contributed by atoms with Gasteiger partial charge in [-0.15, -0.1) is 0 Å². The Labute approximate surface area is 116 Å².